The predicted octanol–water partition coefficient (Wildman–Crippen LogP) is 4.56. The molecule has 106 valence electrons. The van der Waals surface area contributed by atoms with Gasteiger partial charge in [0.25, 0.3) is 0 Å². The Hall–Kier alpha value is -0.455. The molecule has 0 atom stereocenters. The molecule has 0 saturated heterocycles. The summed E-state index contributed by atoms with van der Waals surface area (Å²) in [4.78, 5) is 0. The van der Waals surface area contributed by atoms with Gasteiger partial charge in [0.05, 0.1) is 0 Å². The average Bonchev–Trinajstić information content (AvgIpc) is 2.62. The van der Waals surface area contributed by atoms with Gasteiger partial charge in [-0.3, -0.25) is 0 Å². The van der Waals surface area contributed by atoms with Gasteiger partial charge in [-0.15, -0.1) is 0 Å². The lowest BCUT2D eigenvalue weighted by Gasteiger charge is -1.94. The van der Waals surface area contributed by atoms with Gasteiger partial charge in [-0.05, 0) is 23.6 Å². The summed E-state index contributed by atoms with van der Waals surface area (Å²) < 4.78 is 41.4. The van der Waals surface area contributed by atoms with Crippen LogP contribution in [0.15, 0.2) is 11.5 Å². The van der Waals surface area contributed by atoms with Gasteiger partial charge < -0.3 is 17.3 Å². The first kappa shape index (κ1) is 17.5. The van der Waals surface area contributed by atoms with Crippen LogP contribution in [0.2, 0.25) is 0 Å². The van der Waals surface area contributed by atoms with Crippen molar-refractivity contribution in [3.63, 3.8) is 0 Å². The normalized spacial score (nSPS) is 16.1. The zero-order chi connectivity index (χ0) is 14.0. The zero-order valence-corrected chi connectivity index (χ0v) is 11.7. The first-order valence-electron chi connectivity index (χ1n) is 6.10. The standard InChI is InChI=1S/C11H20NS.BF4/c1-3-4-5-6-10-13-11-8-7-9-12(11)2;2-1(3,4)5/h6,10H,3-5,7-9H2,1-2H3;/q+1;-1/b10-6-;. The fourth-order valence-electron chi connectivity index (χ4n) is 1.45. The summed E-state index contributed by atoms with van der Waals surface area (Å²) in [5.41, 5.74) is 0. The van der Waals surface area contributed by atoms with Crippen molar-refractivity contribution in [3.8, 4) is 0 Å². The molecule has 0 aromatic heterocycles. The predicted molar refractivity (Wildman–Crippen MR) is 71.7 cm³/mol. The summed E-state index contributed by atoms with van der Waals surface area (Å²) in [7, 11) is -3.81. The molecule has 0 aromatic rings. The van der Waals surface area contributed by atoms with Crippen LogP contribution in [0.4, 0.5) is 17.3 Å². The highest BCUT2D eigenvalue weighted by atomic mass is 32.2. The molecule has 1 nitrogen and oxygen atoms in total. The molecule has 0 N–H and O–H groups in total. The van der Waals surface area contributed by atoms with E-state index in [0.29, 0.717) is 0 Å². The van der Waals surface area contributed by atoms with Crippen molar-refractivity contribution in [2.45, 2.75) is 39.0 Å². The molecule has 0 spiro atoms. The minimum absolute atomic E-state index is 1.24. The summed E-state index contributed by atoms with van der Waals surface area (Å²) in [6, 6.07) is 0. The molecule has 0 saturated carbocycles. The molecule has 1 heterocycles. The molecule has 0 radical (unpaired) electrons. The second-order valence-corrected chi connectivity index (χ2v) is 5.02. The number of halogens is 4. The fraction of sp³-hybridized carbons (Fsp3) is 0.727. The number of hydrogen-bond acceptors (Lipinski definition) is 1. The summed E-state index contributed by atoms with van der Waals surface area (Å²) in [5.74, 6) is 0. The van der Waals surface area contributed by atoms with Crippen LogP contribution in [0.5, 0.6) is 0 Å². The third-order valence-corrected chi connectivity index (χ3v) is 3.45. The fourth-order valence-corrected chi connectivity index (χ4v) is 2.37. The smallest absolute Gasteiger partial charge is 0.418 e. The van der Waals surface area contributed by atoms with Crippen molar-refractivity contribution >= 4 is 24.1 Å². The molecule has 1 aliphatic rings. The van der Waals surface area contributed by atoms with Gasteiger partial charge >= 0.3 is 7.25 Å². The minimum Gasteiger partial charge on any atom is -0.418 e. The third kappa shape index (κ3) is 12.0. The summed E-state index contributed by atoms with van der Waals surface area (Å²) in [5, 5.41) is 3.79. The largest absolute Gasteiger partial charge is 0.673 e. The molecular formula is C11H20BF4NS. The van der Waals surface area contributed by atoms with Crippen molar-refractivity contribution in [1.82, 2.24) is 0 Å². The molecule has 0 aliphatic carbocycles. The Morgan fingerprint density at radius 2 is 1.94 bits per heavy atom. The monoisotopic (exact) mass is 285 g/mol. The highest BCUT2D eigenvalue weighted by molar-refractivity contribution is 8.16. The number of thioether (sulfide) groups is 1. The van der Waals surface area contributed by atoms with Crippen molar-refractivity contribution in [3.05, 3.63) is 11.5 Å². The number of nitrogens with zero attached hydrogens (tertiary/aromatic N) is 1. The number of hydrogen-bond donors (Lipinski definition) is 0. The van der Waals surface area contributed by atoms with Gasteiger partial charge in [0.1, 0.15) is 13.6 Å². The lowest BCUT2D eigenvalue weighted by molar-refractivity contribution is -0.486. The Labute approximate surface area is 110 Å². The van der Waals surface area contributed by atoms with Gasteiger partial charge in [0.2, 0.25) is 5.04 Å². The highest BCUT2D eigenvalue weighted by Crippen LogP contribution is 2.16. The highest BCUT2D eigenvalue weighted by Gasteiger charge is 2.20. The quantitative estimate of drug-likeness (QED) is 0.317. The molecule has 0 fully saturated rings. The Balaban J connectivity index is 0.000000494. The van der Waals surface area contributed by atoms with Crippen molar-refractivity contribution in [2.75, 3.05) is 13.6 Å². The average molecular weight is 285 g/mol. The van der Waals surface area contributed by atoms with Crippen LogP contribution in [-0.4, -0.2) is 30.5 Å². The van der Waals surface area contributed by atoms with E-state index in [1.165, 1.54) is 43.7 Å². The molecule has 0 amide bonds. The number of allylic oxidation sites excluding steroid dienone is 1. The first-order chi connectivity index (χ1) is 8.34. The van der Waals surface area contributed by atoms with Gasteiger partial charge in [-0.2, -0.15) is 0 Å². The molecule has 0 bridgehead atoms. The Morgan fingerprint density at radius 3 is 2.39 bits per heavy atom. The molecule has 1 rings (SSSR count). The maximum Gasteiger partial charge on any atom is 0.673 e. The van der Waals surface area contributed by atoms with Crippen molar-refractivity contribution in [1.29, 1.82) is 0 Å². The van der Waals surface area contributed by atoms with E-state index < -0.39 is 7.25 Å². The van der Waals surface area contributed by atoms with Crippen LogP contribution in [0.25, 0.3) is 0 Å². The van der Waals surface area contributed by atoms with E-state index in [0.717, 1.165) is 0 Å². The second kappa shape index (κ2) is 9.47. The summed E-state index contributed by atoms with van der Waals surface area (Å²) in [6.07, 6.45) is 8.77. The SMILES string of the molecule is CCCC/C=C\SC1=[N+](C)CCC1.F[B-](F)(F)F. The lowest BCUT2D eigenvalue weighted by atomic mass is 10.2. The molecule has 1 aliphatic heterocycles. The Bertz CT molecular complexity index is 283. The van der Waals surface area contributed by atoms with E-state index in [9.17, 15) is 17.3 Å². The van der Waals surface area contributed by atoms with E-state index in [1.807, 2.05) is 11.8 Å². The maximum absolute atomic E-state index is 9.75. The first-order valence-corrected chi connectivity index (χ1v) is 6.98. The second-order valence-electron chi connectivity index (χ2n) is 4.05. The van der Waals surface area contributed by atoms with Crippen molar-refractivity contribution in [2.24, 2.45) is 0 Å². The van der Waals surface area contributed by atoms with Crippen LogP contribution >= 0.6 is 11.8 Å². The van der Waals surface area contributed by atoms with Crippen LogP contribution in [-0.2, 0) is 0 Å². The van der Waals surface area contributed by atoms with E-state index in [2.05, 4.69) is 30.0 Å². The molecular weight excluding hydrogens is 265 g/mol. The lowest BCUT2D eigenvalue weighted by Crippen LogP contribution is -2.04. The Kier molecular flexibility index (Phi) is 9.23. The van der Waals surface area contributed by atoms with Crippen LogP contribution in [0.3, 0.4) is 0 Å². The minimum atomic E-state index is -6.00. The van der Waals surface area contributed by atoms with E-state index >= 15 is 0 Å². The summed E-state index contributed by atoms with van der Waals surface area (Å²) in [6.45, 7) is 3.48. The van der Waals surface area contributed by atoms with Gasteiger partial charge in [0.15, 0.2) is 0 Å². The summed E-state index contributed by atoms with van der Waals surface area (Å²) >= 11 is 1.90. The van der Waals surface area contributed by atoms with Crippen LogP contribution in [0.1, 0.15) is 39.0 Å². The zero-order valence-electron chi connectivity index (χ0n) is 10.8. The number of unbranched alkanes of at least 4 members (excludes halogenated alkanes) is 2. The number of rotatable bonds is 4. The van der Waals surface area contributed by atoms with Gasteiger partial charge in [-0.25, -0.2) is 4.58 Å². The van der Waals surface area contributed by atoms with Gasteiger partial charge in [-0.1, -0.05) is 25.8 Å². The van der Waals surface area contributed by atoms with Crippen LogP contribution < -0.4 is 0 Å². The Morgan fingerprint density at radius 1 is 1.33 bits per heavy atom. The molecule has 7 heteroatoms. The van der Waals surface area contributed by atoms with Gasteiger partial charge in [0, 0.05) is 12.8 Å². The van der Waals surface area contributed by atoms with E-state index in [-0.39, 0.29) is 0 Å². The van der Waals surface area contributed by atoms with Crippen LogP contribution in [0, 0.1) is 0 Å². The van der Waals surface area contributed by atoms with Crippen molar-refractivity contribution < 1.29 is 21.8 Å². The molecule has 18 heavy (non-hydrogen) atoms. The van der Waals surface area contributed by atoms with E-state index in [1.54, 1.807) is 0 Å². The third-order valence-electron chi connectivity index (χ3n) is 2.33. The molecule has 0 unspecified atom stereocenters. The van der Waals surface area contributed by atoms with E-state index in [4.69, 9.17) is 0 Å². The topological polar surface area (TPSA) is 3.01 Å². The maximum atomic E-state index is 9.75. The molecule has 0 aromatic carbocycles.